The van der Waals surface area contributed by atoms with Crippen molar-refractivity contribution in [2.45, 2.75) is 25.3 Å². The molecule has 88 valence electrons. The van der Waals surface area contributed by atoms with Gasteiger partial charge in [-0.1, -0.05) is 28.1 Å². The molecule has 1 aromatic heterocycles. The summed E-state index contributed by atoms with van der Waals surface area (Å²) in [4.78, 5) is 6.01. The Kier molecular flexibility index (Phi) is 3.03. The van der Waals surface area contributed by atoms with Gasteiger partial charge in [-0.25, -0.2) is 4.98 Å². The topological polar surface area (TPSA) is 38.9 Å². The van der Waals surface area contributed by atoms with E-state index in [1.165, 1.54) is 16.1 Å². The first-order valence-corrected chi connectivity index (χ1v) is 7.36. The predicted molar refractivity (Wildman–Crippen MR) is 75.1 cm³/mol. The van der Waals surface area contributed by atoms with E-state index in [0.29, 0.717) is 0 Å². The monoisotopic (exact) mass is 308 g/mol. The molecule has 4 heteroatoms. The van der Waals surface area contributed by atoms with Gasteiger partial charge in [0.15, 0.2) is 0 Å². The second-order valence-electron chi connectivity index (χ2n) is 4.34. The second-order valence-corrected chi connectivity index (χ2v) is 6.28. The molecule has 2 nitrogen and oxygen atoms in total. The van der Waals surface area contributed by atoms with Gasteiger partial charge in [-0.05, 0) is 31.4 Å². The fourth-order valence-electron chi connectivity index (χ4n) is 2.17. The van der Waals surface area contributed by atoms with Crippen molar-refractivity contribution in [3.63, 3.8) is 0 Å². The highest BCUT2D eigenvalue weighted by atomic mass is 79.9. The van der Waals surface area contributed by atoms with Gasteiger partial charge in [0.1, 0.15) is 5.01 Å². The molecule has 1 aliphatic rings. The van der Waals surface area contributed by atoms with E-state index in [-0.39, 0.29) is 6.04 Å². The molecule has 1 heterocycles. The van der Waals surface area contributed by atoms with Crippen molar-refractivity contribution in [1.82, 2.24) is 4.98 Å². The van der Waals surface area contributed by atoms with Crippen molar-refractivity contribution >= 4 is 27.3 Å². The molecule has 1 atom stereocenters. The molecule has 1 unspecified atom stereocenters. The van der Waals surface area contributed by atoms with Crippen LogP contribution in [0.3, 0.4) is 0 Å². The van der Waals surface area contributed by atoms with Crippen molar-refractivity contribution in [3.8, 4) is 10.6 Å². The lowest BCUT2D eigenvalue weighted by Gasteiger charge is -2.15. The maximum Gasteiger partial charge on any atom is 0.123 e. The number of halogens is 1. The van der Waals surface area contributed by atoms with Gasteiger partial charge in [0.05, 0.1) is 5.69 Å². The quantitative estimate of drug-likeness (QED) is 0.867. The van der Waals surface area contributed by atoms with Gasteiger partial charge in [0.2, 0.25) is 0 Å². The standard InChI is InChI=1S/C13H13BrN2S/c14-9-6-4-8(5-7-9)13-16-11-3-1-2-10(15)12(11)17-13/h4-7,10H,1-3,15H2. The summed E-state index contributed by atoms with van der Waals surface area (Å²) in [6, 6.07) is 8.49. The fraction of sp³-hybridized carbons (Fsp3) is 0.308. The molecule has 2 aromatic rings. The Morgan fingerprint density at radius 2 is 2.06 bits per heavy atom. The molecule has 0 spiro atoms. The number of aromatic nitrogens is 1. The Bertz CT molecular complexity index is 533. The highest BCUT2D eigenvalue weighted by Crippen LogP contribution is 2.36. The zero-order valence-corrected chi connectivity index (χ0v) is 11.7. The molecule has 1 aromatic carbocycles. The first kappa shape index (κ1) is 11.4. The molecule has 0 amide bonds. The molecule has 17 heavy (non-hydrogen) atoms. The molecule has 0 bridgehead atoms. The van der Waals surface area contributed by atoms with Gasteiger partial charge in [0, 0.05) is 21.0 Å². The SMILES string of the molecule is NC1CCCc2nc(-c3ccc(Br)cc3)sc21. The van der Waals surface area contributed by atoms with Gasteiger partial charge in [0.25, 0.3) is 0 Å². The van der Waals surface area contributed by atoms with Crippen molar-refractivity contribution in [2.24, 2.45) is 5.73 Å². The van der Waals surface area contributed by atoms with Crippen molar-refractivity contribution in [2.75, 3.05) is 0 Å². The Balaban J connectivity index is 2.02. The largest absolute Gasteiger partial charge is 0.323 e. The van der Waals surface area contributed by atoms with Crippen LogP contribution in [0.2, 0.25) is 0 Å². The minimum Gasteiger partial charge on any atom is -0.323 e. The van der Waals surface area contributed by atoms with Crippen LogP contribution in [-0.4, -0.2) is 4.98 Å². The minimum absolute atomic E-state index is 0.195. The van der Waals surface area contributed by atoms with Gasteiger partial charge in [-0.15, -0.1) is 11.3 Å². The number of rotatable bonds is 1. The molecule has 0 saturated heterocycles. The third-order valence-electron chi connectivity index (χ3n) is 3.08. The number of nitrogens with zero attached hydrogens (tertiary/aromatic N) is 1. The Hall–Kier alpha value is -0.710. The van der Waals surface area contributed by atoms with Crippen LogP contribution in [0.1, 0.15) is 29.5 Å². The highest BCUT2D eigenvalue weighted by Gasteiger charge is 2.21. The fourth-order valence-corrected chi connectivity index (χ4v) is 3.59. The lowest BCUT2D eigenvalue weighted by molar-refractivity contribution is 0.573. The number of thiazole rings is 1. The summed E-state index contributed by atoms with van der Waals surface area (Å²) in [5.74, 6) is 0. The van der Waals surface area contributed by atoms with Gasteiger partial charge < -0.3 is 5.73 Å². The summed E-state index contributed by atoms with van der Waals surface area (Å²) in [5.41, 5.74) is 8.52. The van der Waals surface area contributed by atoms with E-state index in [1.807, 2.05) is 0 Å². The number of aryl methyl sites for hydroxylation is 1. The summed E-state index contributed by atoms with van der Waals surface area (Å²) < 4.78 is 1.10. The van der Waals surface area contributed by atoms with Crippen LogP contribution < -0.4 is 5.73 Å². The van der Waals surface area contributed by atoms with Crippen molar-refractivity contribution in [3.05, 3.63) is 39.3 Å². The summed E-state index contributed by atoms with van der Waals surface area (Å²) in [7, 11) is 0. The first-order valence-electron chi connectivity index (χ1n) is 5.75. The summed E-state index contributed by atoms with van der Waals surface area (Å²) >= 11 is 5.20. The van der Waals surface area contributed by atoms with E-state index in [4.69, 9.17) is 10.7 Å². The van der Waals surface area contributed by atoms with E-state index in [0.717, 1.165) is 28.7 Å². The maximum atomic E-state index is 6.12. The summed E-state index contributed by atoms with van der Waals surface area (Å²) in [6.07, 6.45) is 3.34. The first-order chi connectivity index (χ1) is 8.24. The van der Waals surface area contributed by atoms with Crippen LogP contribution in [0.4, 0.5) is 0 Å². The summed E-state index contributed by atoms with van der Waals surface area (Å²) in [5, 5.41) is 1.10. The molecule has 1 aliphatic carbocycles. The normalized spacial score (nSPS) is 19.1. The zero-order valence-electron chi connectivity index (χ0n) is 9.32. The minimum atomic E-state index is 0.195. The van der Waals surface area contributed by atoms with Crippen LogP contribution >= 0.6 is 27.3 Å². The van der Waals surface area contributed by atoms with Gasteiger partial charge >= 0.3 is 0 Å². The maximum absolute atomic E-state index is 6.12. The van der Waals surface area contributed by atoms with E-state index in [9.17, 15) is 0 Å². The van der Waals surface area contributed by atoms with E-state index in [2.05, 4.69) is 40.2 Å². The molecule has 2 N–H and O–H groups in total. The molecule has 0 fully saturated rings. The van der Waals surface area contributed by atoms with Crippen LogP contribution in [-0.2, 0) is 6.42 Å². The number of benzene rings is 1. The predicted octanol–water partition coefficient (Wildman–Crippen LogP) is 3.91. The molecular formula is C13H13BrN2S. The smallest absolute Gasteiger partial charge is 0.123 e. The average Bonchev–Trinajstić information content (AvgIpc) is 2.75. The van der Waals surface area contributed by atoms with Crippen molar-refractivity contribution < 1.29 is 0 Å². The van der Waals surface area contributed by atoms with Gasteiger partial charge in [-0.3, -0.25) is 0 Å². The van der Waals surface area contributed by atoms with Crippen LogP contribution in [0.25, 0.3) is 10.6 Å². The van der Waals surface area contributed by atoms with Crippen LogP contribution in [0.15, 0.2) is 28.7 Å². The summed E-state index contributed by atoms with van der Waals surface area (Å²) in [6.45, 7) is 0. The molecular weight excluding hydrogens is 296 g/mol. The third-order valence-corrected chi connectivity index (χ3v) is 4.89. The van der Waals surface area contributed by atoms with Crippen LogP contribution in [0.5, 0.6) is 0 Å². The number of hydrogen-bond acceptors (Lipinski definition) is 3. The molecule has 0 aliphatic heterocycles. The zero-order chi connectivity index (χ0) is 11.8. The molecule has 3 rings (SSSR count). The average molecular weight is 309 g/mol. The number of nitrogens with two attached hydrogens (primary N) is 1. The Labute approximate surface area is 113 Å². The second kappa shape index (κ2) is 4.52. The highest BCUT2D eigenvalue weighted by molar-refractivity contribution is 9.10. The van der Waals surface area contributed by atoms with E-state index >= 15 is 0 Å². The number of hydrogen-bond donors (Lipinski definition) is 1. The van der Waals surface area contributed by atoms with E-state index in [1.54, 1.807) is 11.3 Å². The van der Waals surface area contributed by atoms with Crippen molar-refractivity contribution in [1.29, 1.82) is 0 Å². The number of fused-ring (bicyclic) bond motifs is 1. The lowest BCUT2D eigenvalue weighted by atomic mass is 9.99. The molecule has 0 saturated carbocycles. The Morgan fingerprint density at radius 1 is 1.29 bits per heavy atom. The van der Waals surface area contributed by atoms with E-state index < -0.39 is 0 Å². The Morgan fingerprint density at radius 3 is 2.76 bits per heavy atom. The molecule has 0 radical (unpaired) electrons. The lowest BCUT2D eigenvalue weighted by Crippen LogP contribution is -2.15. The van der Waals surface area contributed by atoms with Gasteiger partial charge in [-0.2, -0.15) is 0 Å². The van der Waals surface area contributed by atoms with Crippen LogP contribution in [0, 0.1) is 0 Å². The third kappa shape index (κ3) is 2.17.